The third-order valence-electron chi connectivity index (χ3n) is 4.87. The number of carbonyl (C=O) groups excluding carboxylic acids is 2. The Hall–Kier alpha value is -2.64. The van der Waals surface area contributed by atoms with Crippen LogP contribution in [0, 0.1) is 0 Å². The van der Waals surface area contributed by atoms with E-state index in [2.05, 4.69) is 20.5 Å². The standard InChI is InChI=1S/C20H23ClN4O3/c1-25(15-7-9-22-10-8-15)17-11-13(20(27)28-2)3-5-16(17)19(26)24-18-6-4-14(21)12-23-18/h3-6,11-12,15,22H,7-10H2,1-2H3,(H,23,24,26). The number of halogens is 1. The Morgan fingerprint density at radius 2 is 2.00 bits per heavy atom. The maximum atomic E-state index is 12.9. The van der Waals surface area contributed by atoms with Crippen molar-refractivity contribution in [2.45, 2.75) is 18.9 Å². The van der Waals surface area contributed by atoms with Crippen molar-refractivity contribution >= 4 is 35.0 Å². The lowest BCUT2D eigenvalue weighted by Crippen LogP contribution is -2.42. The molecule has 2 aromatic rings. The van der Waals surface area contributed by atoms with Gasteiger partial charge in [-0.25, -0.2) is 9.78 Å². The van der Waals surface area contributed by atoms with Crippen LogP contribution in [-0.2, 0) is 4.74 Å². The van der Waals surface area contributed by atoms with Gasteiger partial charge in [-0.15, -0.1) is 0 Å². The highest BCUT2D eigenvalue weighted by molar-refractivity contribution is 6.30. The van der Waals surface area contributed by atoms with E-state index in [0.29, 0.717) is 27.7 Å². The summed E-state index contributed by atoms with van der Waals surface area (Å²) in [4.78, 5) is 31.1. The predicted molar refractivity (Wildman–Crippen MR) is 109 cm³/mol. The van der Waals surface area contributed by atoms with Crippen molar-refractivity contribution in [2.75, 3.05) is 37.5 Å². The number of carbonyl (C=O) groups is 2. The molecule has 0 atom stereocenters. The molecular formula is C20H23ClN4O3. The monoisotopic (exact) mass is 402 g/mol. The van der Waals surface area contributed by atoms with Gasteiger partial charge in [-0.05, 0) is 56.3 Å². The van der Waals surface area contributed by atoms with E-state index in [4.69, 9.17) is 16.3 Å². The summed E-state index contributed by atoms with van der Waals surface area (Å²) < 4.78 is 4.83. The molecule has 8 heteroatoms. The highest BCUT2D eigenvalue weighted by atomic mass is 35.5. The highest BCUT2D eigenvalue weighted by Gasteiger charge is 2.24. The van der Waals surface area contributed by atoms with Gasteiger partial charge in [0, 0.05) is 19.3 Å². The van der Waals surface area contributed by atoms with Crippen LogP contribution in [0.4, 0.5) is 11.5 Å². The molecule has 1 amide bonds. The van der Waals surface area contributed by atoms with Crippen LogP contribution in [0.15, 0.2) is 36.5 Å². The molecule has 1 aromatic heterocycles. The smallest absolute Gasteiger partial charge is 0.337 e. The quantitative estimate of drug-likeness (QED) is 0.748. The van der Waals surface area contributed by atoms with E-state index in [9.17, 15) is 9.59 Å². The first-order chi connectivity index (χ1) is 13.5. The molecule has 0 unspecified atom stereocenters. The van der Waals surface area contributed by atoms with Gasteiger partial charge >= 0.3 is 5.97 Å². The molecule has 0 bridgehead atoms. The molecule has 1 aliphatic rings. The third kappa shape index (κ3) is 4.61. The second-order valence-electron chi connectivity index (χ2n) is 6.63. The number of ether oxygens (including phenoxy) is 1. The number of piperidine rings is 1. The molecular weight excluding hydrogens is 380 g/mol. The second kappa shape index (κ2) is 9.03. The minimum atomic E-state index is -0.439. The van der Waals surface area contributed by atoms with Crippen LogP contribution in [0.1, 0.15) is 33.6 Å². The van der Waals surface area contributed by atoms with Crippen LogP contribution in [-0.4, -0.2) is 50.1 Å². The Labute approximate surface area is 169 Å². The summed E-state index contributed by atoms with van der Waals surface area (Å²) in [5.41, 5.74) is 1.55. The van der Waals surface area contributed by atoms with E-state index in [1.807, 2.05) is 7.05 Å². The third-order valence-corrected chi connectivity index (χ3v) is 5.09. The lowest BCUT2D eigenvalue weighted by Gasteiger charge is -2.34. The van der Waals surface area contributed by atoms with Gasteiger partial charge in [-0.3, -0.25) is 4.79 Å². The minimum absolute atomic E-state index is 0.273. The fourth-order valence-electron chi connectivity index (χ4n) is 3.28. The van der Waals surface area contributed by atoms with E-state index in [1.54, 1.807) is 30.3 Å². The normalized spacial score (nSPS) is 14.4. The predicted octanol–water partition coefficient (Wildman–Crippen LogP) is 2.96. The maximum Gasteiger partial charge on any atom is 0.337 e. The molecule has 0 radical (unpaired) electrons. The number of anilines is 2. The molecule has 28 heavy (non-hydrogen) atoms. The summed E-state index contributed by atoms with van der Waals surface area (Å²) in [5, 5.41) is 6.61. The number of amides is 1. The van der Waals surface area contributed by atoms with Crippen molar-refractivity contribution < 1.29 is 14.3 Å². The molecule has 0 saturated carbocycles. The Balaban J connectivity index is 1.92. The summed E-state index contributed by atoms with van der Waals surface area (Å²) in [5.74, 6) is -0.338. The zero-order chi connectivity index (χ0) is 20.1. The number of aromatic nitrogens is 1. The molecule has 2 N–H and O–H groups in total. The molecule has 0 aliphatic carbocycles. The van der Waals surface area contributed by atoms with Crippen LogP contribution >= 0.6 is 11.6 Å². The van der Waals surface area contributed by atoms with E-state index < -0.39 is 5.97 Å². The van der Waals surface area contributed by atoms with Crippen LogP contribution < -0.4 is 15.5 Å². The zero-order valence-corrected chi connectivity index (χ0v) is 16.6. The fraction of sp³-hybridized carbons (Fsp3) is 0.350. The molecule has 1 aromatic carbocycles. The number of nitrogens with one attached hydrogen (secondary N) is 2. The van der Waals surface area contributed by atoms with E-state index >= 15 is 0 Å². The van der Waals surface area contributed by atoms with E-state index in [-0.39, 0.29) is 11.9 Å². The molecule has 2 heterocycles. The molecule has 1 saturated heterocycles. The number of hydrogen-bond donors (Lipinski definition) is 2. The van der Waals surface area contributed by atoms with Crippen molar-refractivity contribution in [3.05, 3.63) is 52.7 Å². The summed E-state index contributed by atoms with van der Waals surface area (Å²) in [6, 6.07) is 8.51. The largest absolute Gasteiger partial charge is 0.465 e. The SMILES string of the molecule is COC(=O)c1ccc(C(=O)Nc2ccc(Cl)cn2)c(N(C)C2CCNCC2)c1. The van der Waals surface area contributed by atoms with Gasteiger partial charge in [-0.1, -0.05) is 11.6 Å². The number of esters is 1. The Kier molecular flexibility index (Phi) is 6.49. The minimum Gasteiger partial charge on any atom is -0.465 e. The van der Waals surface area contributed by atoms with Gasteiger partial charge in [-0.2, -0.15) is 0 Å². The number of nitrogens with zero attached hydrogens (tertiary/aromatic N) is 2. The summed E-state index contributed by atoms with van der Waals surface area (Å²) in [6.07, 6.45) is 3.39. The van der Waals surface area contributed by atoms with Crippen LogP contribution in [0.5, 0.6) is 0 Å². The number of pyridine rings is 1. The van der Waals surface area contributed by atoms with Gasteiger partial charge in [0.15, 0.2) is 0 Å². The van der Waals surface area contributed by atoms with Gasteiger partial charge in [0.1, 0.15) is 5.82 Å². The summed E-state index contributed by atoms with van der Waals surface area (Å²) in [6.45, 7) is 1.84. The molecule has 148 valence electrons. The van der Waals surface area contributed by atoms with Crippen LogP contribution in [0.2, 0.25) is 5.02 Å². The lowest BCUT2D eigenvalue weighted by molar-refractivity contribution is 0.0600. The Morgan fingerprint density at radius 1 is 1.25 bits per heavy atom. The number of hydrogen-bond acceptors (Lipinski definition) is 6. The fourth-order valence-corrected chi connectivity index (χ4v) is 3.40. The number of methoxy groups -OCH3 is 1. The molecule has 1 fully saturated rings. The van der Waals surface area contributed by atoms with Gasteiger partial charge < -0.3 is 20.3 Å². The lowest BCUT2D eigenvalue weighted by atomic mass is 10.0. The van der Waals surface area contributed by atoms with Crippen molar-refractivity contribution in [3.8, 4) is 0 Å². The second-order valence-corrected chi connectivity index (χ2v) is 7.07. The van der Waals surface area contributed by atoms with Crippen molar-refractivity contribution in [3.63, 3.8) is 0 Å². The van der Waals surface area contributed by atoms with Gasteiger partial charge in [0.25, 0.3) is 5.91 Å². The topological polar surface area (TPSA) is 83.6 Å². The first-order valence-corrected chi connectivity index (χ1v) is 9.46. The van der Waals surface area contributed by atoms with E-state index in [1.165, 1.54) is 13.3 Å². The zero-order valence-electron chi connectivity index (χ0n) is 15.9. The summed E-state index contributed by atoms with van der Waals surface area (Å²) in [7, 11) is 3.29. The van der Waals surface area contributed by atoms with Crippen LogP contribution in [0.25, 0.3) is 0 Å². The van der Waals surface area contributed by atoms with Crippen molar-refractivity contribution in [1.82, 2.24) is 10.3 Å². The first kappa shape index (κ1) is 20.1. The van der Waals surface area contributed by atoms with Crippen molar-refractivity contribution in [1.29, 1.82) is 0 Å². The number of benzene rings is 1. The molecule has 1 aliphatic heterocycles. The van der Waals surface area contributed by atoms with E-state index in [0.717, 1.165) is 25.9 Å². The average Bonchev–Trinajstić information content (AvgIpc) is 2.74. The first-order valence-electron chi connectivity index (χ1n) is 9.08. The average molecular weight is 403 g/mol. The Morgan fingerprint density at radius 3 is 2.64 bits per heavy atom. The van der Waals surface area contributed by atoms with Crippen molar-refractivity contribution in [2.24, 2.45) is 0 Å². The van der Waals surface area contributed by atoms with Gasteiger partial charge in [0.2, 0.25) is 0 Å². The van der Waals surface area contributed by atoms with Crippen LogP contribution in [0.3, 0.4) is 0 Å². The van der Waals surface area contributed by atoms with Gasteiger partial charge in [0.05, 0.1) is 28.9 Å². The number of rotatable bonds is 5. The highest BCUT2D eigenvalue weighted by Crippen LogP contribution is 2.27. The molecule has 3 rings (SSSR count). The molecule has 7 nitrogen and oxygen atoms in total. The summed E-state index contributed by atoms with van der Waals surface area (Å²) >= 11 is 5.85. The Bertz CT molecular complexity index is 851. The molecule has 0 spiro atoms. The maximum absolute atomic E-state index is 12.9.